The highest BCUT2D eigenvalue weighted by Gasteiger charge is 2.31. The van der Waals surface area contributed by atoms with Crippen molar-refractivity contribution in [2.24, 2.45) is 0 Å². The summed E-state index contributed by atoms with van der Waals surface area (Å²) in [5.74, 6) is -1.50. The molecule has 3 aromatic carbocycles. The van der Waals surface area contributed by atoms with Gasteiger partial charge in [-0.2, -0.15) is 0 Å². The fraction of sp³-hybridized carbons (Fsp3) is 0.355. The van der Waals surface area contributed by atoms with Crippen molar-refractivity contribution in [1.29, 1.82) is 0 Å². The highest BCUT2D eigenvalue weighted by molar-refractivity contribution is 7.92. The number of nitrogens with one attached hydrogen (secondary N) is 3. The molecule has 0 aliphatic carbocycles. The van der Waals surface area contributed by atoms with Gasteiger partial charge in [0.15, 0.2) is 0 Å². The van der Waals surface area contributed by atoms with Gasteiger partial charge in [0.05, 0.1) is 30.1 Å². The van der Waals surface area contributed by atoms with E-state index in [4.69, 9.17) is 0 Å². The Labute approximate surface area is 246 Å². The first-order valence-electron chi connectivity index (χ1n) is 13.8. The largest absolute Gasteiger partial charge is 0.389 e. The predicted octanol–water partition coefficient (Wildman–Crippen LogP) is 3.17. The van der Waals surface area contributed by atoms with E-state index in [0.717, 1.165) is 35.5 Å². The number of hydrogen-bond donors (Lipinski definition) is 4. The van der Waals surface area contributed by atoms with Crippen LogP contribution in [0, 0.1) is 5.82 Å². The summed E-state index contributed by atoms with van der Waals surface area (Å²) < 4.78 is 39.1. The molecule has 1 aliphatic rings. The van der Waals surface area contributed by atoms with Crippen LogP contribution in [0.1, 0.15) is 57.7 Å². The summed E-state index contributed by atoms with van der Waals surface area (Å²) in [6, 6.07) is 18.1. The zero-order chi connectivity index (χ0) is 30.4. The Morgan fingerprint density at radius 1 is 1.02 bits per heavy atom. The molecule has 224 valence electrons. The number of aliphatic hydroxyl groups excluding tert-OH is 1. The van der Waals surface area contributed by atoms with Crippen LogP contribution in [-0.4, -0.2) is 63.4 Å². The first kappa shape index (κ1) is 31.1. The molecule has 0 aromatic heterocycles. The second-order valence-corrected chi connectivity index (χ2v) is 12.7. The lowest BCUT2D eigenvalue weighted by Gasteiger charge is -2.29. The van der Waals surface area contributed by atoms with E-state index in [1.165, 1.54) is 37.4 Å². The molecule has 4 N–H and O–H groups in total. The second kappa shape index (κ2) is 13.5. The lowest BCUT2D eigenvalue weighted by molar-refractivity contribution is 0.0738. The van der Waals surface area contributed by atoms with E-state index in [2.05, 4.69) is 16.0 Å². The van der Waals surface area contributed by atoms with Gasteiger partial charge in [-0.3, -0.25) is 13.9 Å². The molecule has 9 nitrogen and oxygen atoms in total. The first-order chi connectivity index (χ1) is 19.9. The van der Waals surface area contributed by atoms with Gasteiger partial charge in [-0.05, 0) is 74.2 Å². The zero-order valence-corrected chi connectivity index (χ0v) is 24.7. The number of rotatable bonds is 11. The summed E-state index contributed by atoms with van der Waals surface area (Å²) in [5.41, 5.74) is 1.86. The molecule has 42 heavy (non-hydrogen) atoms. The van der Waals surface area contributed by atoms with E-state index in [0.29, 0.717) is 12.0 Å². The van der Waals surface area contributed by atoms with E-state index < -0.39 is 45.8 Å². The standard InChI is InChI=1S/C31H37FN4O5S/c1-20(22-11-13-25(32)14-12-22)34-30(38)23-17-24(19-26(18-23)36(2)42(3,40)41)31(39)35-28(16-21-8-5-4-6-9-21)29(37)27-10-7-15-33-27/h4-6,8-9,11-14,17-20,27-29,33,37H,7,10,15-16H2,1-3H3,(H,34,38)(H,35,39)/t20-,27-,28+,29-/m1/s1. The molecular weight excluding hydrogens is 559 g/mol. The van der Waals surface area contributed by atoms with Crippen LogP contribution in [-0.2, 0) is 16.4 Å². The molecule has 2 amide bonds. The summed E-state index contributed by atoms with van der Waals surface area (Å²) in [5, 5.41) is 20.3. The number of carbonyl (C=O) groups is 2. The number of carbonyl (C=O) groups excluding carboxylic acids is 2. The topological polar surface area (TPSA) is 128 Å². The summed E-state index contributed by atoms with van der Waals surface area (Å²) in [6.45, 7) is 2.51. The molecule has 1 aliphatic heterocycles. The number of nitrogens with zero attached hydrogens (tertiary/aromatic N) is 1. The van der Waals surface area contributed by atoms with Crippen molar-refractivity contribution in [3.8, 4) is 0 Å². The maximum Gasteiger partial charge on any atom is 0.251 e. The SMILES string of the molecule is C[C@@H](NC(=O)c1cc(C(=O)N[C@@H](Cc2ccccc2)[C@H](O)[C@H]2CCCN2)cc(N(C)S(C)(=O)=O)c1)c1ccc(F)cc1. The quantitative estimate of drug-likeness (QED) is 0.269. The van der Waals surface area contributed by atoms with E-state index >= 15 is 0 Å². The minimum atomic E-state index is -3.71. The van der Waals surface area contributed by atoms with E-state index in [1.807, 2.05) is 30.3 Å². The highest BCUT2D eigenvalue weighted by atomic mass is 32.2. The minimum absolute atomic E-state index is 0.0622. The average molecular weight is 597 g/mol. The summed E-state index contributed by atoms with van der Waals surface area (Å²) in [4.78, 5) is 27.0. The zero-order valence-electron chi connectivity index (χ0n) is 23.9. The third kappa shape index (κ3) is 7.93. The molecule has 1 fully saturated rings. The van der Waals surface area contributed by atoms with Crippen molar-refractivity contribution >= 4 is 27.5 Å². The fourth-order valence-electron chi connectivity index (χ4n) is 5.02. The molecule has 11 heteroatoms. The predicted molar refractivity (Wildman–Crippen MR) is 160 cm³/mol. The fourth-order valence-corrected chi connectivity index (χ4v) is 5.51. The van der Waals surface area contributed by atoms with Gasteiger partial charge in [-0.15, -0.1) is 0 Å². The number of aliphatic hydroxyl groups is 1. The lowest BCUT2D eigenvalue weighted by Crippen LogP contribution is -2.52. The minimum Gasteiger partial charge on any atom is -0.389 e. The van der Waals surface area contributed by atoms with Crippen LogP contribution in [0.4, 0.5) is 10.1 Å². The number of halogens is 1. The molecule has 4 atom stereocenters. The van der Waals surface area contributed by atoms with Gasteiger partial charge >= 0.3 is 0 Å². The number of benzene rings is 3. The number of sulfonamides is 1. The smallest absolute Gasteiger partial charge is 0.251 e. The van der Waals surface area contributed by atoms with Crippen LogP contribution in [0.5, 0.6) is 0 Å². The van der Waals surface area contributed by atoms with Gasteiger partial charge in [0.1, 0.15) is 5.82 Å². The molecule has 0 spiro atoms. The Hall–Kier alpha value is -3.80. The Kier molecular flexibility index (Phi) is 9.97. The third-order valence-electron chi connectivity index (χ3n) is 7.56. The Bertz CT molecular complexity index is 1500. The van der Waals surface area contributed by atoms with Crippen LogP contribution in [0.25, 0.3) is 0 Å². The van der Waals surface area contributed by atoms with Gasteiger partial charge in [-0.1, -0.05) is 42.5 Å². The van der Waals surface area contributed by atoms with Crippen molar-refractivity contribution in [3.05, 3.63) is 101 Å². The summed E-state index contributed by atoms with van der Waals surface area (Å²) >= 11 is 0. The maximum absolute atomic E-state index is 13.7. The maximum atomic E-state index is 13.7. The first-order valence-corrected chi connectivity index (χ1v) is 15.7. The average Bonchev–Trinajstić information content (AvgIpc) is 3.51. The number of anilines is 1. The van der Waals surface area contributed by atoms with Crippen LogP contribution in [0.3, 0.4) is 0 Å². The van der Waals surface area contributed by atoms with Gasteiger partial charge < -0.3 is 21.1 Å². The van der Waals surface area contributed by atoms with Crippen molar-refractivity contribution in [2.45, 2.75) is 50.4 Å². The van der Waals surface area contributed by atoms with Crippen LogP contribution >= 0.6 is 0 Å². The molecule has 1 saturated heterocycles. The molecule has 0 unspecified atom stereocenters. The van der Waals surface area contributed by atoms with Gasteiger partial charge in [0.25, 0.3) is 11.8 Å². The highest BCUT2D eigenvalue weighted by Crippen LogP contribution is 2.23. The van der Waals surface area contributed by atoms with E-state index in [-0.39, 0.29) is 22.9 Å². The molecule has 0 saturated carbocycles. The normalized spacial score (nSPS) is 17.2. The molecular formula is C31H37FN4O5S. The lowest BCUT2D eigenvalue weighted by atomic mass is 9.95. The Morgan fingerprint density at radius 2 is 1.64 bits per heavy atom. The van der Waals surface area contributed by atoms with Crippen molar-refractivity contribution in [1.82, 2.24) is 16.0 Å². The Morgan fingerprint density at radius 3 is 2.21 bits per heavy atom. The van der Waals surface area contributed by atoms with E-state index in [1.54, 1.807) is 19.1 Å². The Balaban J connectivity index is 1.63. The third-order valence-corrected chi connectivity index (χ3v) is 8.76. The van der Waals surface area contributed by atoms with Gasteiger partial charge in [0, 0.05) is 24.2 Å². The monoisotopic (exact) mass is 596 g/mol. The summed E-state index contributed by atoms with van der Waals surface area (Å²) in [6.07, 6.45) is 2.21. The van der Waals surface area contributed by atoms with Gasteiger partial charge in [0.2, 0.25) is 10.0 Å². The van der Waals surface area contributed by atoms with Crippen molar-refractivity contribution < 1.29 is 27.5 Å². The molecule has 4 rings (SSSR count). The van der Waals surface area contributed by atoms with E-state index in [9.17, 15) is 27.5 Å². The van der Waals surface area contributed by atoms with Crippen LogP contribution < -0.4 is 20.3 Å². The van der Waals surface area contributed by atoms with Crippen molar-refractivity contribution in [2.75, 3.05) is 24.2 Å². The second-order valence-electron chi connectivity index (χ2n) is 10.7. The van der Waals surface area contributed by atoms with Crippen LogP contribution in [0.15, 0.2) is 72.8 Å². The molecule has 3 aromatic rings. The van der Waals surface area contributed by atoms with Crippen LogP contribution in [0.2, 0.25) is 0 Å². The number of hydrogen-bond acceptors (Lipinski definition) is 6. The van der Waals surface area contributed by atoms with Crippen molar-refractivity contribution in [3.63, 3.8) is 0 Å². The molecule has 0 bridgehead atoms. The summed E-state index contributed by atoms with van der Waals surface area (Å²) in [7, 11) is -2.38. The van der Waals surface area contributed by atoms with Gasteiger partial charge in [-0.25, -0.2) is 12.8 Å². The molecule has 1 heterocycles. The number of amides is 2. The molecule has 0 radical (unpaired) electrons.